The molecule has 6 rings (SSSR count). The number of nitrogens with zero attached hydrogens (tertiary/aromatic N) is 2. The predicted molar refractivity (Wildman–Crippen MR) is 127 cm³/mol. The molecule has 5 heterocycles. The number of ether oxygens (including phenoxy) is 2. The second-order valence-electron chi connectivity index (χ2n) is 10.0. The van der Waals surface area contributed by atoms with Crippen LogP contribution in [0.4, 0.5) is 0 Å². The molecule has 0 saturated carbocycles. The maximum absolute atomic E-state index is 13.4. The zero-order valence-electron chi connectivity index (χ0n) is 20.4. The number of benzene rings is 1. The van der Waals surface area contributed by atoms with Gasteiger partial charge in [-0.2, -0.15) is 0 Å². The van der Waals surface area contributed by atoms with Crippen molar-refractivity contribution in [1.29, 1.82) is 0 Å². The fourth-order valence-corrected chi connectivity index (χ4v) is 6.03. The van der Waals surface area contributed by atoms with Gasteiger partial charge in [-0.3, -0.25) is 41.1 Å². The number of imide groups is 1. The third kappa shape index (κ3) is 3.38. The van der Waals surface area contributed by atoms with Gasteiger partial charge in [0, 0.05) is 19.3 Å². The molecule has 2 fully saturated rings. The number of nitrogens with two attached hydrogens (primary N) is 2. The zero-order valence-corrected chi connectivity index (χ0v) is 20.4. The number of rotatable bonds is 4. The summed E-state index contributed by atoms with van der Waals surface area (Å²) >= 11 is 0. The van der Waals surface area contributed by atoms with Gasteiger partial charge in [-0.15, -0.1) is 0 Å². The highest BCUT2D eigenvalue weighted by Gasteiger charge is 2.78. The second-order valence-corrected chi connectivity index (χ2v) is 10.0. The predicted octanol–water partition coefficient (Wildman–Crippen LogP) is -5.85. The van der Waals surface area contributed by atoms with Crippen molar-refractivity contribution in [3.8, 4) is 11.5 Å². The molecular formula is C23H30N8O7+2. The molecule has 4 atom stereocenters. The summed E-state index contributed by atoms with van der Waals surface area (Å²) in [6, 6.07) is 2.08. The SMILES string of the molecule is NC1=[NH+][C@H]2[C@H](CN3C(=O)CCC3=O)NC(N)=[N+]3CC(NC(=O)c4cccc5c4OCCCO5)C(O)(O)C23N1. The number of aliphatic hydroxyl groups is 2. The number of guanidine groups is 2. The topological polar surface area (TPSA) is 218 Å². The number of nitrogens with one attached hydrogen (secondary N) is 4. The van der Waals surface area contributed by atoms with Gasteiger partial charge in [-0.25, -0.2) is 9.89 Å². The van der Waals surface area contributed by atoms with Crippen LogP contribution in [0.5, 0.6) is 11.5 Å². The smallest absolute Gasteiger partial charge is 0.347 e. The second kappa shape index (κ2) is 8.46. The Hall–Kier alpha value is -4.11. The molecule has 0 aliphatic carbocycles. The van der Waals surface area contributed by atoms with Gasteiger partial charge in [0.15, 0.2) is 17.5 Å². The van der Waals surface area contributed by atoms with Crippen LogP contribution in [-0.4, -0.2) is 105 Å². The van der Waals surface area contributed by atoms with Crippen molar-refractivity contribution in [3.63, 3.8) is 0 Å². The number of carbonyl (C=O) groups is 3. The number of para-hydroxylation sites is 1. The molecule has 3 amide bonds. The molecule has 5 aliphatic rings. The number of carbonyl (C=O) groups excluding carboxylic acids is 3. The molecule has 0 aromatic heterocycles. The van der Waals surface area contributed by atoms with Crippen molar-refractivity contribution < 1.29 is 43.6 Å². The van der Waals surface area contributed by atoms with Crippen LogP contribution in [0.2, 0.25) is 0 Å². The van der Waals surface area contributed by atoms with Crippen molar-refractivity contribution in [2.24, 2.45) is 11.5 Å². The minimum Gasteiger partial charge on any atom is -0.490 e. The van der Waals surface area contributed by atoms with E-state index in [2.05, 4.69) is 20.9 Å². The molecule has 2 unspecified atom stereocenters. The van der Waals surface area contributed by atoms with Gasteiger partial charge in [0.25, 0.3) is 17.4 Å². The first-order valence-electron chi connectivity index (χ1n) is 12.4. The van der Waals surface area contributed by atoms with E-state index < -0.39 is 35.5 Å². The summed E-state index contributed by atoms with van der Waals surface area (Å²) in [5.41, 5.74) is 10.9. The van der Waals surface area contributed by atoms with Gasteiger partial charge in [0.05, 0.1) is 31.9 Å². The maximum Gasteiger partial charge on any atom is 0.347 e. The van der Waals surface area contributed by atoms with Crippen molar-refractivity contribution in [2.45, 2.75) is 48.8 Å². The minimum atomic E-state index is -2.62. The Bertz CT molecular complexity index is 1280. The van der Waals surface area contributed by atoms with Gasteiger partial charge in [0.1, 0.15) is 12.1 Å². The van der Waals surface area contributed by atoms with E-state index in [4.69, 9.17) is 20.9 Å². The van der Waals surface area contributed by atoms with Crippen molar-refractivity contribution in [1.82, 2.24) is 20.9 Å². The Morgan fingerprint density at radius 3 is 2.71 bits per heavy atom. The van der Waals surface area contributed by atoms with Crippen LogP contribution in [0.15, 0.2) is 18.2 Å². The molecular weight excluding hydrogens is 500 g/mol. The highest BCUT2D eigenvalue weighted by molar-refractivity contribution is 6.02. The maximum atomic E-state index is 13.4. The van der Waals surface area contributed by atoms with Gasteiger partial charge in [-0.1, -0.05) is 6.07 Å². The molecule has 10 N–H and O–H groups in total. The Balaban J connectivity index is 1.31. The highest BCUT2D eigenvalue weighted by Crippen LogP contribution is 2.39. The van der Waals surface area contributed by atoms with Crippen LogP contribution in [0.3, 0.4) is 0 Å². The standard InChI is InChI=1S/C23H28N8O7/c24-20-28-18-12(9-30-15(32)5-6-16(30)33)26-21(25)31-10-14(23(35,36)22(18,31)29-20)27-19(34)11-3-1-4-13-17(11)38-8-2-7-37-13/h1,3-4,12,14,18,35-36H,2,5-10H2,(H6,24,25,26,27,28,29,34)/p+2/t12-,14?,18-,22?/m0/s1. The van der Waals surface area contributed by atoms with Gasteiger partial charge in [-0.05, 0) is 12.1 Å². The van der Waals surface area contributed by atoms with Crippen LogP contribution in [0, 0.1) is 0 Å². The molecule has 38 heavy (non-hydrogen) atoms. The molecule has 202 valence electrons. The van der Waals surface area contributed by atoms with E-state index in [1.54, 1.807) is 18.2 Å². The summed E-state index contributed by atoms with van der Waals surface area (Å²) in [7, 11) is 0. The van der Waals surface area contributed by atoms with E-state index in [0.29, 0.717) is 25.4 Å². The van der Waals surface area contributed by atoms with E-state index in [9.17, 15) is 24.6 Å². The van der Waals surface area contributed by atoms with Gasteiger partial charge in [0.2, 0.25) is 11.8 Å². The third-order valence-corrected chi connectivity index (χ3v) is 7.81. The van der Waals surface area contributed by atoms with E-state index in [0.717, 1.165) is 4.90 Å². The number of hydrogen-bond acceptors (Lipinski definition) is 11. The largest absolute Gasteiger partial charge is 0.490 e. The quantitative estimate of drug-likeness (QED) is 0.104. The summed E-state index contributed by atoms with van der Waals surface area (Å²) in [5.74, 6) is -3.05. The highest BCUT2D eigenvalue weighted by atomic mass is 16.5. The molecule has 0 radical (unpaired) electrons. The average Bonchev–Trinajstić information content (AvgIpc) is 3.37. The summed E-state index contributed by atoms with van der Waals surface area (Å²) in [6.07, 6.45) is 0.882. The molecule has 1 aromatic carbocycles. The Morgan fingerprint density at radius 1 is 1.21 bits per heavy atom. The lowest BCUT2D eigenvalue weighted by Crippen LogP contribution is -2.92. The molecule has 5 aliphatic heterocycles. The van der Waals surface area contributed by atoms with Crippen LogP contribution in [0.1, 0.15) is 29.6 Å². The summed E-state index contributed by atoms with van der Waals surface area (Å²) in [5, 5.41) is 32.0. The lowest BCUT2D eigenvalue weighted by atomic mass is 9.85. The lowest BCUT2D eigenvalue weighted by Gasteiger charge is -2.41. The molecule has 0 bridgehead atoms. The Morgan fingerprint density at radius 2 is 1.95 bits per heavy atom. The summed E-state index contributed by atoms with van der Waals surface area (Å²) < 4.78 is 12.9. The monoisotopic (exact) mass is 530 g/mol. The van der Waals surface area contributed by atoms with E-state index in [-0.39, 0.29) is 61.0 Å². The van der Waals surface area contributed by atoms with Crippen molar-refractivity contribution >= 4 is 29.6 Å². The number of likely N-dealkylation sites (tertiary alicyclic amines) is 1. The average molecular weight is 531 g/mol. The fraction of sp³-hybridized carbons (Fsp3) is 0.522. The molecule has 15 nitrogen and oxygen atoms in total. The van der Waals surface area contributed by atoms with Crippen LogP contribution < -0.4 is 41.9 Å². The number of hydrogen-bond donors (Lipinski definition) is 8. The normalized spacial score (nSPS) is 31.2. The summed E-state index contributed by atoms with van der Waals surface area (Å²) in [6.45, 7) is 0.650. The molecule has 2 saturated heterocycles. The van der Waals surface area contributed by atoms with E-state index in [1.807, 2.05) is 0 Å². The van der Waals surface area contributed by atoms with Crippen LogP contribution >= 0.6 is 0 Å². The molecule has 1 aromatic rings. The fourth-order valence-electron chi connectivity index (χ4n) is 6.03. The first-order chi connectivity index (χ1) is 18.1. The molecule has 1 spiro atoms. The number of fused-ring (bicyclic) bond motifs is 1. The Kier molecular flexibility index (Phi) is 5.39. The van der Waals surface area contributed by atoms with Gasteiger partial charge >= 0.3 is 11.9 Å². The molecule has 15 heteroatoms. The summed E-state index contributed by atoms with van der Waals surface area (Å²) in [4.78, 5) is 42.1. The van der Waals surface area contributed by atoms with Crippen LogP contribution in [-0.2, 0) is 9.59 Å². The minimum absolute atomic E-state index is 0.0407. The first kappa shape index (κ1) is 24.2. The lowest BCUT2D eigenvalue weighted by molar-refractivity contribution is -0.674. The number of amides is 3. The zero-order chi connectivity index (χ0) is 26.8. The van der Waals surface area contributed by atoms with Crippen molar-refractivity contribution in [2.75, 3.05) is 26.3 Å². The first-order valence-corrected chi connectivity index (χ1v) is 12.4. The third-order valence-electron chi connectivity index (χ3n) is 7.81. The van der Waals surface area contributed by atoms with E-state index >= 15 is 0 Å². The van der Waals surface area contributed by atoms with Crippen molar-refractivity contribution in [3.05, 3.63) is 23.8 Å². The van der Waals surface area contributed by atoms with Crippen LogP contribution in [0.25, 0.3) is 0 Å². The Labute approximate surface area is 216 Å². The van der Waals surface area contributed by atoms with E-state index in [1.165, 1.54) is 4.58 Å². The van der Waals surface area contributed by atoms with Gasteiger partial charge < -0.3 is 25.0 Å².